The lowest BCUT2D eigenvalue weighted by atomic mass is 9.47. The first-order valence-electron chi connectivity index (χ1n) is 10.1. The minimum atomic E-state index is -1.12. The third kappa shape index (κ3) is 2.35. The molecule has 26 heavy (non-hydrogen) atoms. The first kappa shape index (κ1) is 18.7. The van der Waals surface area contributed by atoms with E-state index in [4.69, 9.17) is 4.74 Å². The molecular formula is C22H34O4. The Hall–Kier alpha value is -0.680. The van der Waals surface area contributed by atoms with Crippen LogP contribution in [0.1, 0.15) is 59.8 Å². The van der Waals surface area contributed by atoms with E-state index in [9.17, 15) is 15.3 Å². The lowest BCUT2D eigenvalue weighted by Crippen LogP contribution is -2.55. The number of ether oxygens (including phenoxy) is 1. The molecule has 0 spiro atoms. The van der Waals surface area contributed by atoms with Crippen molar-refractivity contribution in [1.82, 2.24) is 0 Å². The molecule has 0 aromatic rings. The summed E-state index contributed by atoms with van der Waals surface area (Å²) in [6.45, 7) is 13.1. The molecule has 8 atom stereocenters. The molecule has 0 unspecified atom stereocenters. The van der Waals surface area contributed by atoms with Crippen LogP contribution in [0.25, 0.3) is 0 Å². The maximum atomic E-state index is 10.8. The molecule has 0 amide bonds. The molecule has 3 N–H and O–H groups in total. The van der Waals surface area contributed by atoms with Crippen molar-refractivity contribution in [2.45, 2.75) is 89.8 Å². The average molecular weight is 363 g/mol. The summed E-state index contributed by atoms with van der Waals surface area (Å²) in [5.41, 5.74) is 1.27. The van der Waals surface area contributed by atoms with E-state index in [1.807, 2.05) is 0 Å². The summed E-state index contributed by atoms with van der Waals surface area (Å²) in [6.07, 6.45) is 4.35. The zero-order valence-electron chi connectivity index (χ0n) is 16.5. The van der Waals surface area contributed by atoms with Gasteiger partial charge >= 0.3 is 0 Å². The van der Waals surface area contributed by atoms with E-state index < -0.39 is 30.0 Å². The van der Waals surface area contributed by atoms with Gasteiger partial charge < -0.3 is 20.1 Å². The highest BCUT2D eigenvalue weighted by Gasteiger charge is 2.71. The Labute approximate surface area is 156 Å². The van der Waals surface area contributed by atoms with Crippen LogP contribution in [0.2, 0.25) is 0 Å². The van der Waals surface area contributed by atoms with Gasteiger partial charge in [-0.2, -0.15) is 0 Å². The van der Waals surface area contributed by atoms with Gasteiger partial charge in [0.15, 0.2) is 0 Å². The molecule has 146 valence electrons. The molecule has 0 radical (unpaired) electrons. The van der Waals surface area contributed by atoms with Crippen molar-refractivity contribution >= 4 is 0 Å². The fraction of sp³-hybridized carbons (Fsp3) is 0.818. The lowest BCUT2D eigenvalue weighted by Gasteiger charge is -2.57. The van der Waals surface area contributed by atoms with Gasteiger partial charge in [-0.25, -0.2) is 0 Å². The van der Waals surface area contributed by atoms with Gasteiger partial charge in [-0.05, 0) is 60.8 Å². The van der Waals surface area contributed by atoms with E-state index in [1.165, 1.54) is 24.8 Å². The van der Waals surface area contributed by atoms with E-state index >= 15 is 0 Å². The summed E-state index contributed by atoms with van der Waals surface area (Å²) in [6, 6.07) is 0. The Balaban J connectivity index is 1.66. The maximum absolute atomic E-state index is 10.8. The van der Waals surface area contributed by atoms with Gasteiger partial charge in [0.2, 0.25) is 0 Å². The van der Waals surface area contributed by atoms with Gasteiger partial charge in [0.25, 0.3) is 0 Å². The Morgan fingerprint density at radius 3 is 2.54 bits per heavy atom. The van der Waals surface area contributed by atoms with E-state index in [1.54, 1.807) is 0 Å². The monoisotopic (exact) mass is 362 g/mol. The summed E-state index contributed by atoms with van der Waals surface area (Å²) >= 11 is 0. The third-order valence-electron chi connectivity index (χ3n) is 8.44. The smallest absolute Gasteiger partial charge is 0.127 e. The number of hydrogen-bond donors (Lipinski definition) is 3. The molecule has 3 fully saturated rings. The van der Waals surface area contributed by atoms with Crippen LogP contribution in [0.4, 0.5) is 0 Å². The second-order valence-electron chi connectivity index (χ2n) is 10.2. The highest BCUT2D eigenvalue weighted by molar-refractivity contribution is 5.32. The molecule has 1 saturated heterocycles. The van der Waals surface area contributed by atoms with Crippen LogP contribution < -0.4 is 0 Å². The van der Waals surface area contributed by atoms with Crippen molar-refractivity contribution in [2.24, 2.45) is 22.7 Å². The van der Waals surface area contributed by atoms with Crippen molar-refractivity contribution in [3.8, 4) is 0 Å². The molecule has 4 rings (SSSR count). The normalized spacial score (nSPS) is 52.7. The summed E-state index contributed by atoms with van der Waals surface area (Å²) in [4.78, 5) is 0. The molecule has 3 aliphatic carbocycles. The van der Waals surface area contributed by atoms with Crippen LogP contribution in [-0.4, -0.2) is 45.3 Å². The Kier molecular flexibility index (Phi) is 4.07. The van der Waals surface area contributed by atoms with Crippen molar-refractivity contribution in [3.63, 3.8) is 0 Å². The molecule has 0 bridgehead atoms. The van der Waals surface area contributed by atoms with Crippen LogP contribution in [0.5, 0.6) is 0 Å². The number of epoxide rings is 1. The largest absolute Gasteiger partial charge is 0.387 e. The number of aliphatic hydroxyl groups excluding tert-OH is 3. The second kappa shape index (κ2) is 5.66. The predicted octanol–water partition coefficient (Wildman–Crippen LogP) is 2.97. The summed E-state index contributed by atoms with van der Waals surface area (Å²) < 4.78 is 5.91. The number of fused-ring (bicyclic) bond motifs is 2. The standard InChI is InChI=1S/C22H34O4/c1-12-7-8-15-20(3,4)9-6-10-21(15,5)14(12)11-22-18(25)16(23)13(2)17(24)19(22)26-22/h7,14-19,23-25H,2,6,8-11H2,1,3-5H3/t14-,15-,16-,17+,18+,19+,21+,22-/m0/s1. The third-order valence-corrected chi connectivity index (χ3v) is 8.44. The quantitative estimate of drug-likeness (QED) is 0.522. The Morgan fingerprint density at radius 2 is 1.85 bits per heavy atom. The highest BCUT2D eigenvalue weighted by atomic mass is 16.6. The van der Waals surface area contributed by atoms with Crippen molar-refractivity contribution in [1.29, 1.82) is 0 Å². The number of aliphatic hydroxyl groups is 3. The van der Waals surface area contributed by atoms with Crippen molar-refractivity contribution in [2.75, 3.05) is 0 Å². The molecule has 4 nitrogen and oxygen atoms in total. The fourth-order valence-electron chi connectivity index (χ4n) is 6.75. The SMILES string of the molecule is C=C1[C@@H](O)[C@H]2O[C@@]2(C[C@H]2C(C)=CC[C@H]3C(C)(C)CCC[C@]23C)[C@H](O)[C@H]1O. The molecule has 2 saturated carbocycles. The minimum absolute atomic E-state index is 0.163. The molecule has 4 aliphatic rings. The van der Waals surface area contributed by atoms with Crippen LogP contribution in [0.3, 0.4) is 0 Å². The topological polar surface area (TPSA) is 73.2 Å². The van der Waals surface area contributed by atoms with E-state index in [2.05, 4.69) is 40.3 Å². The van der Waals surface area contributed by atoms with E-state index in [0.717, 1.165) is 6.42 Å². The predicted molar refractivity (Wildman–Crippen MR) is 100 cm³/mol. The van der Waals surface area contributed by atoms with Gasteiger partial charge in [0.1, 0.15) is 30.0 Å². The molecule has 4 heteroatoms. The summed E-state index contributed by atoms with van der Waals surface area (Å²) in [7, 11) is 0. The van der Waals surface area contributed by atoms with Crippen LogP contribution in [-0.2, 0) is 4.74 Å². The van der Waals surface area contributed by atoms with E-state index in [0.29, 0.717) is 23.7 Å². The molecule has 1 aliphatic heterocycles. The zero-order valence-corrected chi connectivity index (χ0v) is 16.5. The van der Waals surface area contributed by atoms with Gasteiger partial charge in [-0.1, -0.05) is 45.4 Å². The zero-order chi connectivity index (χ0) is 19.1. The summed E-state index contributed by atoms with van der Waals surface area (Å²) in [5, 5.41) is 31.5. The number of hydrogen-bond acceptors (Lipinski definition) is 4. The fourth-order valence-corrected chi connectivity index (χ4v) is 6.75. The van der Waals surface area contributed by atoms with Gasteiger partial charge in [0, 0.05) is 0 Å². The van der Waals surface area contributed by atoms with Crippen molar-refractivity contribution < 1.29 is 20.1 Å². The molecular weight excluding hydrogens is 328 g/mol. The molecule has 1 heterocycles. The van der Waals surface area contributed by atoms with Crippen LogP contribution in [0.15, 0.2) is 23.8 Å². The Bertz CT molecular complexity index is 653. The average Bonchev–Trinajstić information content (AvgIpc) is 3.30. The lowest BCUT2D eigenvalue weighted by molar-refractivity contribution is -0.0702. The maximum Gasteiger partial charge on any atom is 0.127 e. The molecule has 0 aromatic heterocycles. The van der Waals surface area contributed by atoms with E-state index in [-0.39, 0.29) is 11.0 Å². The van der Waals surface area contributed by atoms with Gasteiger partial charge in [-0.15, -0.1) is 0 Å². The molecule has 0 aromatic carbocycles. The minimum Gasteiger partial charge on any atom is -0.387 e. The van der Waals surface area contributed by atoms with Gasteiger partial charge in [-0.3, -0.25) is 0 Å². The van der Waals surface area contributed by atoms with Crippen LogP contribution in [0, 0.1) is 22.7 Å². The van der Waals surface area contributed by atoms with Gasteiger partial charge in [0.05, 0.1) is 0 Å². The van der Waals surface area contributed by atoms with Crippen LogP contribution >= 0.6 is 0 Å². The Morgan fingerprint density at radius 1 is 1.15 bits per heavy atom. The highest BCUT2D eigenvalue weighted by Crippen LogP contribution is 2.63. The van der Waals surface area contributed by atoms with Crippen molar-refractivity contribution in [3.05, 3.63) is 23.8 Å². The summed E-state index contributed by atoms with van der Waals surface area (Å²) in [5.74, 6) is 0.905. The number of allylic oxidation sites excluding steroid dienone is 2. The number of rotatable bonds is 2. The first-order chi connectivity index (χ1) is 12.0. The second-order valence-corrected chi connectivity index (χ2v) is 10.2. The first-order valence-corrected chi connectivity index (χ1v) is 10.1.